The van der Waals surface area contributed by atoms with E-state index in [4.69, 9.17) is 4.65 Å². The largest absolute Gasteiger partial charge is 0.705 e. The van der Waals surface area contributed by atoms with Crippen LogP contribution in [-0.2, 0) is 4.65 Å². The summed E-state index contributed by atoms with van der Waals surface area (Å²) in [5.41, 5.74) is 5.56. The van der Waals surface area contributed by atoms with Crippen molar-refractivity contribution in [2.45, 2.75) is 59.4 Å². The number of benzene rings is 7. The van der Waals surface area contributed by atoms with Crippen molar-refractivity contribution in [1.29, 1.82) is 0 Å². The molecule has 1 nitrogen and oxygen atoms in total. The summed E-state index contributed by atoms with van der Waals surface area (Å²) < 4.78 is 168. The van der Waals surface area contributed by atoms with Crippen LogP contribution in [0, 0.1) is 99.7 Å². The molecular formula is C55H44BF10OP. The van der Waals surface area contributed by atoms with Gasteiger partial charge in [-0.15, -0.1) is 0 Å². The molecule has 13 heteroatoms. The maximum Gasteiger partial charge on any atom is 0.239 e. The summed E-state index contributed by atoms with van der Waals surface area (Å²) in [6.45, 7) is 11.9. The van der Waals surface area contributed by atoms with Crippen LogP contribution in [0.4, 0.5) is 43.9 Å². The molecule has 2 heterocycles. The average molecular weight is 953 g/mol. The van der Waals surface area contributed by atoms with E-state index in [-0.39, 0.29) is 30.1 Å². The number of hydrogen-bond acceptors (Lipinski definition) is 1. The molecule has 9 rings (SSSR count). The smallest absolute Gasteiger partial charge is 0.239 e. The molecule has 2 aliphatic rings. The zero-order valence-corrected chi connectivity index (χ0v) is 38.8. The first-order valence-corrected chi connectivity index (χ1v) is 24.4. The molecule has 0 spiro atoms. The van der Waals surface area contributed by atoms with Crippen molar-refractivity contribution in [3.8, 4) is 22.3 Å². The Bertz CT molecular complexity index is 2980. The van der Waals surface area contributed by atoms with Crippen LogP contribution in [0.2, 0.25) is 5.82 Å². The maximum absolute atomic E-state index is 17.0. The van der Waals surface area contributed by atoms with Gasteiger partial charge in [-0.3, -0.25) is 0 Å². The summed E-state index contributed by atoms with van der Waals surface area (Å²) in [6.07, 6.45) is -3.48. The van der Waals surface area contributed by atoms with E-state index in [0.29, 0.717) is 0 Å². The number of rotatable bonds is 7. The van der Waals surface area contributed by atoms with Crippen LogP contribution in [0.15, 0.2) is 109 Å². The third-order valence-electron chi connectivity index (χ3n) is 14.2. The van der Waals surface area contributed by atoms with Gasteiger partial charge in [0.25, 0.3) is 0 Å². The Morgan fingerprint density at radius 2 is 0.882 bits per heavy atom. The highest BCUT2D eigenvalue weighted by Crippen LogP contribution is 2.78. The van der Waals surface area contributed by atoms with Crippen LogP contribution in [0.5, 0.6) is 0 Å². The number of halogens is 10. The average Bonchev–Trinajstić information content (AvgIpc) is 3.77. The van der Waals surface area contributed by atoms with Gasteiger partial charge in [0.15, 0.2) is 34.9 Å². The molecule has 2 aliphatic heterocycles. The Balaban J connectivity index is 1.53. The van der Waals surface area contributed by atoms with E-state index in [2.05, 4.69) is 0 Å². The van der Waals surface area contributed by atoms with Gasteiger partial charge in [-0.2, -0.15) is 0 Å². The first kappa shape index (κ1) is 47.0. The zero-order chi connectivity index (χ0) is 48.7. The first-order valence-electron chi connectivity index (χ1n) is 22.2. The van der Waals surface area contributed by atoms with Crippen LogP contribution in [0.3, 0.4) is 0 Å². The molecule has 0 radical (unpaired) electrons. The number of aryl methyl sites for hydroxylation is 6. The van der Waals surface area contributed by atoms with Crippen molar-refractivity contribution in [3.05, 3.63) is 212 Å². The highest BCUT2D eigenvalue weighted by atomic mass is 31.2. The van der Waals surface area contributed by atoms with E-state index >= 15 is 43.9 Å². The van der Waals surface area contributed by atoms with E-state index in [1.165, 1.54) is 12.1 Å². The zero-order valence-electron chi connectivity index (χ0n) is 37.9. The second-order valence-electron chi connectivity index (χ2n) is 18.4. The summed E-state index contributed by atoms with van der Waals surface area (Å²) in [7, 11) is -3.32. The van der Waals surface area contributed by atoms with Gasteiger partial charge < -0.3 is 4.65 Å². The van der Waals surface area contributed by atoms with Crippen molar-refractivity contribution >= 4 is 35.6 Å². The number of hydrogen-bond donors (Lipinski definition) is 0. The van der Waals surface area contributed by atoms with E-state index in [1.807, 2.05) is 114 Å². The van der Waals surface area contributed by atoms with Gasteiger partial charge in [0.2, 0.25) is 6.35 Å². The fourth-order valence-corrected chi connectivity index (χ4v) is 17.7. The van der Waals surface area contributed by atoms with Crippen molar-refractivity contribution in [2.75, 3.05) is 12.3 Å². The molecule has 1 unspecified atom stereocenters. The molecule has 68 heavy (non-hydrogen) atoms. The van der Waals surface area contributed by atoms with E-state index in [1.54, 1.807) is 24.3 Å². The molecular weight excluding hydrogens is 908 g/mol. The third-order valence-corrected chi connectivity index (χ3v) is 19.3. The van der Waals surface area contributed by atoms with Crippen LogP contribution in [0.1, 0.15) is 56.6 Å². The van der Waals surface area contributed by atoms with Crippen molar-refractivity contribution in [1.82, 2.24) is 0 Å². The van der Waals surface area contributed by atoms with Crippen LogP contribution in [0.25, 0.3) is 28.0 Å². The van der Waals surface area contributed by atoms with Crippen LogP contribution in [-0.4, -0.2) is 18.7 Å². The molecule has 7 aromatic rings. The summed E-state index contributed by atoms with van der Waals surface area (Å²) in [5.74, 6) is -27.2. The Labute approximate surface area is 388 Å². The summed E-state index contributed by atoms with van der Waals surface area (Å²) in [4.78, 5) is 0. The van der Waals surface area contributed by atoms with Gasteiger partial charge in [-0.25, -0.2) is 43.9 Å². The van der Waals surface area contributed by atoms with Crippen LogP contribution < -0.4 is 16.2 Å². The SMILES string of the molecule is Cc1cc(C)c(-c2cccc(-c3c(C)cc(C)cc3C)c2[P+]23CC[C@H](C2)[B-](c2c(F)c(F)c(F)c(F)c2F)(c2c(F)c(F)c(F)c(F)c2F)O/C(c2ccccc2)=C\[C@H]3c2ccccc2)c(C)c1. The Hall–Kier alpha value is -6.13. The standard InChI is InChI=1S/C55H44BF10OP/c1-28-22-30(3)41(31(4)23-28)37-18-13-19-38(42-32(5)24-29(2)25-33(42)6)55(37)68-21-20-36(27-68)56(43-45(57)49(61)53(65)50(62)46(43)58,44-47(59)51(63)54(66)52(64)48(44)60)67-39(34-14-9-7-10-15-34)26-40(68)35-16-11-8-12-17-35/h7-19,22-26,36,40H,20-21,27H2,1-6H3/b39-26-/t36-,40+,68?/m1/s1. The van der Waals surface area contributed by atoms with Gasteiger partial charge >= 0.3 is 0 Å². The molecule has 2 bridgehead atoms. The number of allylic oxidation sites excluding steroid dienone is 1. The minimum absolute atomic E-state index is 0.116. The molecule has 1 fully saturated rings. The van der Waals surface area contributed by atoms with E-state index in [0.717, 1.165) is 66.5 Å². The fourth-order valence-electron chi connectivity index (χ4n) is 11.8. The van der Waals surface area contributed by atoms with E-state index < -0.39 is 94.2 Å². The second kappa shape index (κ2) is 17.4. The molecule has 0 aliphatic carbocycles. The van der Waals surface area contributed by atoms with Crippen LogP contribution >= 0.6 is 7.26 Å². The number of fused-ring (bicyclic) bond motifs is 2. The summed E-state index contributed by atoms with van der Waals surface area (Å²) in [6, 6.07) is 31.2. The Kier molecular flexibility index (Phi) is 12.0. The lowest BCUT2D eigenvalue weighted by Crippen LogP contribution is -2.69. The monoisotopic (exact) mass is 952 g/mol. The Morgan fingerprint density at radius 1 is 0.485 bits per heavy atom. The van der Waals surface area contributed by atoms with Crippen molar-refractivity contribution < 1.29 is 48.6 Å². The predicted molar refractivity (Wildman–Crippen MR) is 253 cm³/mol. The lowest BCUT2D eigenvalue weighted by molar-refractivity contribution is 0.375. The molecule has 0 saturated carbocycles. The predicted octanol–water partition coefficient (Wildman–Crippen LogP) is 14.3. The van der Waals surface area contributed by atoms with Crippen molar-refractivity contribution in [3.63, 3.8) is 0 Å². The molecule has 0 N–H and O–H groups in total. The highest BCUT2D eigenvalue weighted by molar-refractivity contribution is 7.84. The quantitative estimate of drug-likeness (QED) is 0.0509. The minimum Gasteiger partial charge on any atom is -0.705 e. The van der Waals surface area contributed by atoms with Gasteiger partial charge in [0.1, 0.15) is 34.2 Å². The minimum atomic E-state index is -4.72. The highest BCUT2D eigenvalue weighted by Gasteiger charge is 2.63. The Morgan fingerprint density at radius 3 is 1.31 bits per heavy atom. The molecule has 7 aromatic carbocycles. The molecule has 1 saturated heterocycles. The van der Waals surface area contributed by atoms with E-state index in [9.17, 15) is 0 Å². The van der Waals surface area contributed by atoms with Crippen molar-refractivity contribution in [2.24, 2.45) is 0 Å². The molecule has 0 amide bonds. The summed E-state index contributed by atoms with van der Waals surface area (Å²) in [5, 5.41) is 0.812. The first-order chi connectivity index (χ1) is 32.3. The lowest BCUT2D eigenvalue weighted by atomic mass is 9.24. The summed E-state index contributed by atoms with van der Waals surface area (Å²) >= 11 is 0. The lowest BCUT2D eigenvalue weighted by Gasteiger charge is -2.50. The normalized spacial score (nSPS) is 19.6. The van der Waals surface area contributed by atoms with Gasteiger partial charge in [-0.05, 0) is 93.0 Å². The van der Waals surface area contributed by atoms with Gasteiger partial charge in [0, 0.05) is 22.9 Å². The molecule has 348 valence electrons. The fraction of sp³-hybridized carbons (Fsp3) is 0.200. The maximum atomic E-state index is 17.0. The third kappa shape index (κ3) is 7.19. The topological polar surface area (TPSA) is 9.23 Å². The molecule has 3 atom stereocenters. The van der Waals surface area contributed by atoms with Gasteiger partial charge in [0.05, 0.1) is 19.2 Å². The molecule has 0 aromatic heterocycles. The van der Waals surface area contributed by atoms with Gasteiger partial charge in [-0.1, -0.05) is 131 Å². The second-order valence-corrected chi connectivity index (χ2v) is 22.3.